The van der Waals surface area contributed by atoms with Crippen LogP contribution in [-0.2, 0) is 5.54 Å². The first kappa shape index (κ1) is 13.9. The lowest BCUT2D eigenvalue weighted by molar-refractivity contribution is 0.594. The highest BCUT2D eigenvalue weighted by Gasteiger charge is 2.24. The number of thiazole rings is 1. The molecular formula is C14H20N4S. The number of hydrogen-bond donors (Lipinski definition) is 1. The predicted molar refractivity (Wildman–Crippen MR) is 79.6 cm³/mol. The molecule has 0 saturated carbocycles. The van der Waals surface area contributed by atoms with Crippen LogP contribution in [0.15, 0.2) is 17.6 Å². The van der Waals surface area contributed by atoms with E-state index < -0.39 is 0 Å². The fraction of sp³-hybridized carbons (Fsp3) is 0.500. The van der Waals surface area contributed by atoms with E-state index in [-0.39, 0.29) is 5.54 Å². The van der Waals surface area contributed by atoms with Crippen LogP contribution >= 0.6 is 11.3 Å². The van der Waals surface area contributed by atoms with Gasteiger partial charge in [-0.1, -0.05) is 13.8 Å². The van der Waals surface area contributed by atoms with Gasteiger partial charge in [0.2, 0.25) is 5.95 Å². The minimum absolute atomic E-state index is 0.268. The van der Waals surface area contributed by atoms with Crippen molar-refractivity contribution >= 4 is 17.3 Å². The molecule has 4 nitrogen and oxygen atoms in total. The Labute approximate surface area is 118 Å². The molecule has 0 fully saturated rings. The SMILES string of the molecule is Cc1cc(C(C)C)nc(NC(C)(C)c2nccs2)n1. The van der Waals surface area contributed by atoms with E-state index in [0.717, 1.165) is 16.4 Å². The second-order valence-corrected chi connectivity index (χ2v) is 6.39. The van der Waals surface area contributed by atoms with Crippen molar-refractivity contribution in [1.82, 2.24) is 15.0 Å². The summed E-state index contributed by atoms with van der Waals surface area (Å²) in [6, 6.07) is 2.03. The molecule has 0 aromatic carbocycles. The summed E-state index contributed by atoms with van der Waals surface area (Å²) >= 11 is 1.63. The van der Waals surface area contributed by atoms with Crippen LogP contribution in [0.4, 0.5) is 5.95 Å². The summed E-state index contributed by atoms with van der Waals surface area (Å²) in [7, 11) is 0. The van der Waals surface area contributed by atoms with Crippen LogP contribution in [0.25, 0.3) is 0 Å². The molecule has 19 heavy (non-hydrogen) atoms. The van der Waals surface area contributed by atoms with Crippen molar-refractivity contribution in [2.75, 3.05) is 5.32 Å². The van der Waals surface area contributed by atoms with Crippen LogP contribution in [0.2, 0.25) is 0 Å². The lowest BCUT2D eigenvalue weighted by Crippen LogP contribution is -2.29. The van der Waals surface area contributed by atoms with E-state index in [9.17, 15) is 0 Å². The lowest BCUT2D eigenvalue weighted by Gasteiger charge is -2.24. The van der Waals surface area contributed by atoms with Gasteiger partial charge in [0.05, 0.1) is 5.54 Å². The standard InChI is InChI=1S/C14H20N4S/c1-9(2)11-8-10(3)16-13(17-11)18-14(4,5)12-15-6-7-19-12/h6-9H,1-5H3,(H,16,17,18). The van der Waals surface area contributed by atoms with Crippen LogP contribution in [0.3, 0.4) is 0 Å². The quantitative estimate of drug-likeness (QED) is 0.924. The van der Waals surface area contributed by atoms with Crippen LogP contribution in [0, 0.1) is 6.92 Å². The number of nitrogens with one attached hydrogen (secondary N) is 1. The van der Waals surface area contributed by atoms with E-state index in [1.54, 1.807) is 11.3 Å². The first-order chi connectivity index (χ1) is 8.88. The Balaban J connectivity index is 2.28. The summed E-state index contributed by atoms with van der Waals surface area (Å²) in [4.78, 5) is 13.4. The van der Waals surface area contributed by atoms with Crippen LogP contribution in [0.1, 0.15) is 50.0 Å². The Morgan fingerprint density at radius 2 is 2.00 bits per heavy atom. The van der Waals surface area contributed by atoms with E-state index in [1.807, 2.05) is 24.6 Å². The van der Waals surface area contributed by atoms with E-state index >= 15 is 0 Å². The Morgan fingerprint density at radius 3 is 2.58 bits per heavy atom. The van der Waals surface area contributed by atoms with Gasteiger partial charge in [-0.2, -0.15) is 0 Å². The summed E-state index contributed by atoms with van der Waals surface area (Å²) in [6.07, 6.45) is 1.82. The zero-order chi connectivity index (χ0) is 14.0. The number of anilines is 1. The molecule has 2 rings (SSSR count). The maximum atomic E-state index is 4.58. The van der Waals surface area contributed by atoms with Gasteiger partial charge in [0.25, 0.3) is 0 Å². The second-order valence-electron chi connectivity index (χ2n) is 5.50. The highest BCUT2D eigenvalue weighted by molar-refractivity contribution is 7.09. The summed E-state index contributed by atoms with van der Waals surface area (Å²) in [6.45, 7) is 10.4. The van der Waals surface area contributed by atoms with Gasteiger partial charge in [0, 0.05) is 23.0 Å². The Bertz CT molecular complexity index is 547. The summed E-state index contributed by atoms with van der Waals surface area (Å²) < 4.78 is 0. The van der Waals surface area contributed by atoms with Crippen LogP contribution < -0.4 is 5.32 Å². The maximum absolute atomic E-state index is 4.58. The molecule has 102 valence electrons. The Kier molecular flexibility index (Phi) is 3.85. The first-order valence-corrected chi connectivity index (χ1v) is 7.30. The number of aryl methyl sites for hydroxylation is 1. The van der Waals surface area contributed by atoms with Crippen molar-refractivity contribution in [2.45, 2.75) is 46.1 Å². The third-order valence-corrected chi connectivity index (χ3v) is 3.95. The van der Waals surface area contributed by atoms with Crippen molar-refractivity contribution in [3.8, 4) is 0 Å². The fourth-order valence-corrected chi connectivity index (χ4v) is 2.53. The van der Waals surface area contributed by atoms with E-state index in [0.29, 0.717) is 11.9 Å². The molecule has 2 aromatic rings. The molecule has 5 heteroatoms. The molecule has 0 unspecified atom stereocenters. The zero-order valence-electron chi connectivity index (χ0n) is 12.1. The molecule has 0 amide bonds. The normalized spacial score (nSPS) is 11.9. The van der Waals surface area contributed by atoms with Crippen molar-refractivity contribution in [1.29, 1.82) is 0 Å². The van der Waals surface area contributed by atoms with Crippen molar-refractivity contribution in [3.05, 3.63) is 34.0 Å². The van der Waals surface area contributed by atoms with Crippen molar-refractivity contribution in [2.24, 2.45) is 0 Å². The second kappa shape index (κ2) is 5.25. The third-order valence-electron chi connectivity index (χ3n) is 2.86. The number of aromatic nitrogens is 3. The van der Waals surface area contributed by atoms with Crippen molar-refractivity contribution < 1.29 is 0 Å². The molecule has 0 aliphatic carbocycles. The van der Waals surface area contributed by atoms with Gasteiger partial charge in [0.1, 0.15) is 5.01 Å². The van der Waals surface area contributed by atoms with Gasteiger partial charge in [0.15, 0.2) is 0 Å². The van der Waals surface area contributed by atoms with Crippen LogP contribution in [-0.4, -0.2) is 15.0 Å². The van der Waals surface area contributed by atoms with E-state index in [4.69, 9.17) is 0 Å². The van der Waals surface area contributed by atoms with Crippen LogP contribution in [0.5, 0.6) is 0 Å². The monoisotopic (exact) mass is 276 g/mol. The molecule has 0 aliphatic rings. The maximum Gasteiger partial charge on any atom is 0.223 e. The molecule has 0 aliphatic heterocycles. The van der Waals surface area contributed by atoms with Gasteiger partial charge >= 0.3 is 0 Å². The minimum Gasteiger partial charge on any atom is -0.343 e. The van der Waals surface area contributed by atoms with Gasteiger partial charge < -0.3 is 5.32 Å². The first-order valence-electron chi connectivity index (χ1n) is 6.42. The number of rotatable bonds is 4. The molecular weight excluding hydrogens is 256 g/mol. The smallest absolute Gasteiger partial charge is 0.223 e. The molecule has 0 saturated heterocycles. The minimum atomic E-state index is -0.268. The predicted octanol–water partition coefficient (Wildman–Crippen LogP) is 3.71. The molecule has 2 aromatic heterocycles. The van der Waals surface area contributed by atoms with E-state index in [1.165, 1.54) is 0 Å². The Morgan fingerprint density at radius 1 is 1.26 bits per heavy atom. The van der Waals surface area contributed by atoms with Gasteiger partial charge in [-0.3, -0.25) is 0 Å². The molecule has 0 bridgehead atoms. The molecule has 1 N–H and O–H groups in total. The van der Waals surface area contributed by atoms with Crippen molar-refractivity contribution in [3.63, 3.8) is 0 Å². The molecule has 0 spiro atoms. The van der Waals surface area contributed by atoms with Gasteiger partial charge in [-0.15, -0.1) is 11.3 Å². The molecule has 0 atom stereocenters. The molecule has 2 heterocycles. The third kappa shape index (κ3) is 3.29. The lowest BCUT2D eigenvalue weighted by atomic mass is 10.1. The zero-order valence-corrected chi connectivity index (χ0v) is 12.9. The summed E-state index contributed by atoms with van der Waals surface area (Å²) in [5.41, 5.74) is 1.78. The average molecular weight is 276 g/mol. The number of nitrogens with zero attached hydrogens (tertiary/aromatic N) is 3. The summed E-state index contributed by atoms with van der Waals surface area (Å²) in [5.74, 6) is 1.06. The highest BCUT2D eigenvalue weighted by Crippen LogP contribution is 2.26. The molecule has 0 radical (unpaired) electrons. The summed E-state index contributed by atoms with van der Waals surface area (Å²) in [5, 5.41) is 6.40. The number of hydrogen-bond acceptors (Lipinski definition) is 5. The van der Waals surface area contributed by atoms with E-state index in [2.05, 4.69) is 48.0 Å². The largest absolute Gasteiger partial charge is 0.343 e. The van der Waals surface area contributed by atoms with Gasteiger partial charge in [-0.25, -0.2) is 15.0 Å². The topological polar surface area (TPSA) is 50.7 Å². The average Bonchev–Trinajstić information content (AvgIpc) is 2.81. The van der Waals surface area contributed by atoms with Gasteiger partial charge in [-0.05, 0) is 32.8 Å². The Hall–Kier alpha value is -1.49. The fourth-order valence-electron chi connectivity index (χ4n) is 1.81. The highest BCUT2D eigenvalue weighted by atomic mass is 32.1.